The zero-order valence-corrected chi connectivity index (χ0v) is 12.0. The predicted octanol–water partition coefficient (Wildman–Crippen LogP) is 3.34. The lowest BCUT2D eigenvalue weighted by atomic mass is 10.4. The van der Waals surface area contributed by atoms with E-state index in [0.29, 0.717) is 16.7 Å². The summed E-state index contributed by atoms with van der Waals surface area (Å²) in [5.74, 6) is 2.03. The summed E-state index contributed by atoms with van der Waals surface area (Å²) in [6.07, 6.45) is 1.41. The summed E-state index contributed by atoms with van der Waals surface area (Å²) >= 11 is 7.69. The molecule has 1 N–H and O–H groups in total. The van der Waals surface area contributed by atoms with Gasteiger partial charge in [-0.05, 0) is 12.1 Å². The first-order valence-corrected chi connectivity index (χ1v) is 7.14. The normalized spacial score (nSPS) is 10.2. The Labute approximate surface area is 121 Å². The van der Waals surface area contributed by atoms with E-state index in [9.17, 15) is 0 Å². The van der Waals surface area contributed by atoms with Gasteiger partial charge in [0.05, 0.1) is 7.11 Å². The zero-order chi connectivity index (χ0) is 13.5. The van der Waals surface area contributed by atoms with E-state index in [-0.39, 0.29) is 0 Å². The van der Waals surface area contributed by atoms with Crippen LogP contribution >= 0.6 is 23.4 Å². The van der Waals surface area contributed by atoms with Crippen LogP contribution in [0.25, 0.3) is 0 Å². The molecule has 0 saturated carbocycles. The van der Waals surface area contributed by atoms with Crippen molar-refractivity contribution in [2.45, 2.75) is 4.90 Å². The first kappa shape index (κ1) is 14.0. The number of ether oxygens (including phenoxy) is 1. The number of halogens is 1. The fourth-order valence-corrected chi connectivity index (χ4v) is 2.51. The fourth-order valence-electron chi connectivity index (χ4n) is 1.51. The molecule has 0 unspecified atom stereocenters. The number of benzene rings is 1. The number of hydrogen-bond acceptors (Lipinski definition) is 5. The summed E-state index contributed by atoms with van der Waals surface area (Å²) in [5, 5.41) is 3.51. The minimum atomic E-state index is 0.315. The maximum Gasteiger partial charge on any atom is 0.198 e. The Hall–Kier alpha value is -1.46. The number of hydrogen-bond donors (Lipinski definition) is 1. The Kier molecular flexibility index (Phi) is 5.30. The molecule has 6 heteroatoms. The van der Waals surface area contributed by atoms with Crippen LogP contribution in [-0.4, -0.2) is 29.4 Å². The summed E-state index contributed by atoms with van der Waals surface area (Å²) in [6.45, 7) is 0.767. The molecule has 1 aromatic heterocycles. The lowest BCUT2D eigenvalue weighted by Crippen LogP contribution is -2.07. The molecule has 100 valence electrons. The second-order valence-corrected chi connectivity index (χ2v) is 5.16. The Morgan fingerprint density at radius 2 is 2.05 bits per heavy atom. The number of thioether (sulfide) groups is 1. The minimum absolute atomic E-state index is 0.315. The maximum absolute atomic E-state index is 5.92. The van der Waals surface area contributed by atoms with Crippen LogP contribution in [0.5, 0.6) is 5.75 Å². The number of nitrogens with zero attached hydrogens (tertiary/aromatic N) is 2. The van der Waals surface area contributed by atoms with E-state index in [0.717, 1.165) is 12.3 Å². The molecule has 0 amide bonds. The van der Waals surface area contributed by atoms with Crippen LogP contribution in [0, 0.1) is 0 Å². The summed E-state index contributed by atoms with van der Waals surface area (Å²) < 4.78 is 5.17. The van der Waals surface area contributed by atoms with Crippen molar-refractivity contribution in [3.63, 3.8) is 0 Å². The first-order valence-electron chi connectivity index (χ1n) is 5.77. The smallest absolute Gasteiger partial charge is 0.198 e. The van der Waals surface area contributed by atoms with Gasteiger partial charge in [0.15, 0.2) is 16.7 Å². The maximum atomic E-state index is 5.92. The number of nitrogens with one attached hydrogen (secondary N) is 1. The van der Waals surface area contributed by atoms with Gasteiger partial charge in [-0.3, -0.25) is 0 Å². The van der Waals surface area contributed by atoms with Gasteiger partial charge in [0.2, 0.25) is 0 Å². The standard InChI is InChI=1S/C13H14ClN3OS/c1-18-11-12(14)16-9-17-13(11)15-7-8-19-10-5-3-2-4-6-10/h2-6,9H,7-8H2,1H3,(H,15,16,17). The molecule has 1 aromatic carbocycles. The molecule has 2 rings (SSSR count). The van der Waals surface area contributed by atoms with Crippen LogP contribution in [-0.2, 0) is 0 Å². The molecule has 0 spiro atoms. The summed E-state index contributed by atoms with van der Waals surface area (Å²) in [7, 11) is 1.55. The second-order valence-electron chi connectivity index (χ2n) is 3.63. The van der Waals surface area contributed by atoms with Crippen LogP contribution in [0.4, 0.5) is 5.82 Å². The van der Waals surface area contributed by atoms with Crippen LogP contribution in [0.1, 0.15) is 0 Å². The molecule has 2 aromatic rings. The average molecular weight is 296 g/mol. The third kappa shape index (κ3) is 4.01. The molecule has 4 nitrogen and oxygen atoms in total. The predicted molar refractivity (Wildman–Crippen MR) is 79.2 cm³/mol. The highest BCUT2D eigenvalue weighted by molar-refractivity contribution is 7.99. The topological polar surface area (TPSA) is 47.0 Å². The van der Waals surface area contributed by atoms with Crippen molar-refractivity contribution in [3.8, 4) is 5.75 Å². The number of methoxy groups -OCH3 is 1. The number of aromatic nitrogens is 2. The molecule has 0 aliphatic carbocycles. The Morgan fingerprint density at radius 1 is 1.26 bits per heavy atom. The van der Waals surface area contributed by atoms with Gasteiger partial charge >= 0.3 is 0 Å². The van der Waals surface area contributed by atoms with Crippen molar-refractivity contribution >= 4 is 29.2 Å². The van der Waals surface area contributed by atoms with Gasteiger partial charge in [-0.15, -0.1) is 11.8 Å². The summed E-state index contributed by atoms with van der Waals surface area (Å²) in [5.41, 5.74) is 0. The van der Waals surface area contributed by atoms with Crippen molar-refractivity contribution < 1.29 is 4.74 Å². The minimum Gasteiger partial charge on any atom is -0.490 e. The van der Waals surface area contributed by atoms with Crippen LogP contribution in [0.2, 0.25) is 5.15 Å². The van der Waals surface area contributed by atoms with Gasteiger partial charge in [0.1, 0.15) is 6.33 Å². The van der Waals surface area contributed by atoms with Gasteiger partial charge in [0, 0.05) is 17.2 Å². The van der Waals surface area contributed by atoms with Crippen molar-refractivity contribution in [1.82, 2.24) is 9.97 Å². The first-order chi connectivity index (χ1) is 9.31. The molecule has 0 atom stereocenters. The summed E-state index contributed by atoms with van der Waals surface area (Å²) in [4.78, 5) is 9.23. The van der Waals surface area contributed by atoms with E-state index in [2.05, 4.69) is 27.4 Å². The number of anilines is 1. The third-order valence-electron chi connectivity index (χ3n) is 2.37. The molecular weight excluding hydrogens is 282 g/mol. The molecule has 1 heterocycles. The summed E-state index contributed by atoms with van der Waals surface area (Å²) in [6, 6.07) is 10.3. The molecule has 0 aliphatic rings. The van der Waals surface area contributed by atoms with Gasteiger partial charge in [-0.25, -0.2) is 9.97 Å². The van der Waals surface area contributed by atoms with Crippen LogP contribution in [0.15, 0.2) is 41.6 Å². The third-order valence-corrected chi connectivity index (χ3v) is 3.65. The SMILES string of the molecule is COc1c(Cl)ncnc1NCCSc1ccccc1. The van der Waals surface area contributed by atoms with Crippen molar-refractivity contribution in [3.05, 3.63) is 41.8 Å². The Bertz CT molecular complexity index is 525. The zero-order valence-electron chi connectivity index (χ0n) is 10.5. The second kappa shape index (κ2) is 7.21. The van der Waals surface area contributed by atoms with Gasteiger partial charge in [-0.2, -0.15) is 0 Å². The molecule has 0 aliphatic heterocycles. The number of rotatable bonds is 6. The van der Waals surface area contributed by atoms with Gasteiger partial charge < -0.3 is 10.1 Å². The van der Waals surface area contributed by atoms with Gasteiger partial charge in [-0.1, -0.05) is 29.8 Å². The van der Waals surface area contributed by atoms with E-state index in [1.54, 1.807) is 18.9 Å². The Morgan fingerprint density at radius 3 is 2.79 bits per heavy atom. The molecule has 0 saturated heterocycles. The van der Waals surface area contributed by atoms with Crippen molar-refractivity contribution in [1.29, 1.82) is 0 Å². The highest BCUT2D eigenvalue weighted by atomic mass is 35.5. The lowest BCUT2D eigenvalue weighted by Gasteiger charge is -2.10. The van der Waals surface area contributed by atoms with Gasteiger partial charge in [0.25, 0.3) is 0 Å². The van der Waals surface area contributed by atoms with E-state index < -0.39 is 0 Å². The molecular formula is C13H14ClN3OS. The highest BCUT2D eigenvalue weighted by Gasteiger charge is 2.09. The van der Waals surface area contributed by atoms with E-state index in [1.165, 1.54) is 11.2 Å². The largest absolute Gasteiger partial charge is 0.490 e. The molecule has 0 radical (unpaired) electrons. The van der Waals surface area contributed by atoms with Crippen LogP contribution in [0.3, 0.4) is 0 Å². The van der Waals surface area contributed by atoms with Crippen LogP contribution < -0.4 is 10.1 Å². The van der Waals surface area contributed by atoms with E-state index in [4.69, 9.17) is 16.3 Å². The Balaban J connectivity index is 1.85. The average Bonchev–Trinajstić information content (AvgIpc) is 2.45. The molecule has 0 fully saturated rings. The van der Waals surface area contributed by atoms with E-state index in [1.807, 2.05) is 18.2 Å². The monoisotopic (exact) mass is 295 g/mol. The highest BCUT2D eigenvalue weighted by Crippen LogP contribution is 2.28. The quantitative estimate of drug-likeness (QED) is 0.503. The lowest BCUT2D eigenvalue weighted by molar-refractivity contribution is 0.413. The van der Waals surface area contributed by atoms with Crippen molar-refractivity contribution in [2.24, 2.45) is 0 Å². The molecule has 0 bridgehead atoms. The van der Waals surface area contributed by atoms with Crippen molar-refractivity contribution in [2.75, 3.05) is 24.7 Å². The molecule has 19 heavy (non-hydrogen) atoms. The van der Waals surface area contributed by atoms with E-state index >= 15 is 0 Å². The fraction of sp³-hybridized carbons (Fsp3) is 0.231.